The summed E-state index contributed by atoms with van der Waals surface area (Å²) in [7, 11) is 0. The van der Waals surface area contributed by atoms with Crippen LogP contribution < -0.4 is 15.4 Å². The van der Waals surface area contributed by atoms with Gasteiger partial charge in [0.25, 0.3) is 0 Å². The maximum absolute atomic E-state index is 12.4. The van der Waals surface area contributed by atoms with E-state index in [4.69, 9.17) is 9.47 Å². The van der Waals surface area contributed by atoms with Crippen molar-refractivity contribution < 1.29 is 19.4 Å². The van der Waals surface area contributed by atoms with Crippen LogP contribution in [0.3, 0.4) is 0 Å². The van der Waals surface area contributed by atoms with Crippen LogP contribution in [-0.4, -0.2) is 42.4 Å². The zero-order valence-electron chi connectivity index (χ0n) is 20.0. The first-order valence-corrected chi connectivity index (χ1v) is 12.1. The summed E-state index contributed by atoms with van der Waals surface area (Å²) in [6.07, 6.45) is 7.24. The maximum atomic E-state index is 12.4. The fraction of sp³-hybridized carbons (Fsp3) is 0.654. The lowest BCUT2D eigenvalue weighted by Crippen LogP contribution is -2.48. The molecule has 0 radical (unpaired) electrons. The van der Waals surface area contributed by atoms with E-state index in [9.17, 15) is 9.90 Å². The number of aliphatic hydroxyl groups excluding tert-OH is 1. The number of carbonyl (C=O) groups excluding carboxylic acids is 1. The van der Waals surface area contributed by atoms with E-state index in [1.165, 1.54) is 5.56 Å². The minimum absolute atomic E-state index is 0.00759. The van der Waals surface area contributed by atoms with Crippen molar-refractivity contribution in [2.75, 3.05) is 13.2 Å². The summed E-state index contributed by atoms with van der Waals surface area (Å²) in [4.78, 5) is 12.4. The highest BCUT2D eigenvalue weighted by molar-refractivity contribution is 5.76. The molecule has 3 rings (SSSR count). The summed E-state index contributed by atoms with van der Waals surface area (Å²) in [5.74, 6) is 1.24. The van der Waals surface area contributed by atoms with E-state index in [1.807, 2.05) is 26.0 Å². The number of hydrogen-bond donors (Lipinski definition) is 3. The van der Waals surface area contributed by atoms with Gasteiger partial charge in [0.15, 0.2) is 0 Å². The Morgan fingerprint density at radius 3 is 2.75 bits per heavy atom. The number of aliphatic hydroxyl groups is 1. The van der Waals surface area contributed by atoms with Gasteiger partial charge in [0.1, 0.15) is 5.75 Å². The molecule has 0 aromatic heterocycles. The van der Waals surface area contributed by atoms with Crippen LogP contribution >= 0.6 is 0 Å². The molecule has 4 atom stereocenters. The Morgan fingerprint density at radius 1 is 1.19 bits per heavy atom. The van der Waals surface area contributed by atoms with Crippen LogP contribution in [-0.2, 0) is 9.53 Å². The fourth-order valence-electron chi connectivity index (χ4n) is 4.55. The molecular formula is C26H40N2O4. The van der Waals surface area contributed by atoms with Crippen molar-refractivity contribution in [3.8, 4) is 5.75 Å². The standard InChI is InChI=1S/C26H40N2O4/c1-17(2)13-23-24(29)16-27-22-15-25(31-12-8-6-5-7-9-26(30)28-23)20-11-10-19(14-21(20)22)32-18(3)4/h6,8,10-11,14,17-18,22-25,27,29H,5,7,9,12-13,15-16H2,1-4H3,(H,28,30)/b8-6+/t22-,23-,24+,25+/m0/s1. The number of hydrogen-bond acceptors (Lipinski definition) is 5. The van der Waals surface area contributed by atoms with E-state index in [0.29, 0.717) is 25.5 Å². The van der Waals surface area contributed by atoms with E-state index in [2.05, 4.69) is 42.7 Å². The molecular weight excluding hydrogens is 404 g/mol. The SMILES string of the molecule is CC(C)C[C@@H]1NC(=O)CCC/C=C/CO[C@@H]2C[C@H](NC[C@H]1O)c1cc(OC(C)C)ccc12. The van der Waals surface area contributed by atoms with E-state index < -0.39 is 6.10 Å². The highest BCUT2D eigenvalue weighted by Crippen LogP contribution is 2.42. The largest absolute Gasteiger partial charge is 0.491 e. The molecule has 1 heterocycles. The highest BCUT2D eigenvalue weighted by atomic mass is 16.5. The first-order chi connectivity index (χ1) is 15.3. The monoisotopic (exact) mass is 444 g/mol. The van der Waals surface area contributed by atoms with Gasteiger partial charge in [0.2, 0.25) is 5.91 Å². The Kier molecular flexibility index (Phi) is 9.14. The molecule has 3 N–H and O–H groups in total. The Morgan fingerprint density at radius 2 is 2.00 bits per heavy atom. The average molecular weight is 445 g/mol. The van der Waals surface area contributed by atoms with Crippen molar-refractivity contribution in [3.63, 3.8) is 0 Å². The van der Waals surface area contributed by atoms with Gasteiger partial charge in [0.05, 0.1) is 31.0 Å². The molecule has 0 unspecified atom stereocenters. The fourth-order valence-corrected chi connectivity index (χ4v) is 4.55. The molecule has 1 aliphatic carbocycles. The smallest absolute Gasteiger partial charge is 0.220 e. The van der Waals surface area contributed by atoms with Crippen molar-refractivity contribution in [2.45, 2.75) is 90.2 Å². The molecule has 1 aromatic carbocycles. The number of fused-ring (bicyclic) bond motifs is 5. The zero-order valence-corrected chi connectivity index (χ0v) is 20.0. The summed E-state index contributed by atoms with van der Waals surface area (Å²) in [6.45, 7) is 9.22. The summed E-state index contributed by atoms with van der Waals surface area (Å²) in [5.41, 5.74) is 2.34. The van der Waals surface area contributed by atoms with Crippen molar-refractivity contribution in [1.82, 2.24) is 10.6 Å². The van der Waals surface area contributed by atoms with Gasteiger partial charge in [-0.1, -0.05) is 32.1 Å². The molecule has 2 bridgehead atoms. The first-order valence-electron chi connectivity index (χ1n) is 12.1. The third-order valence-electron chi connectivity index (χ3n) is 6.05. The third-order valence-corrected chi connectivity index (χ3v) is 6.05. The second kappa shape index (κ2) is 11.8. The summed E-state index contributed by atoms with van der Waals surface area (Å²) < 4.78 is 12.1. The van der Waals surface area contributed by atoms with Gasteiger partial charge >= 0.3 is 0 Å². The molecule has 6 heteroatoms. The molecule has 0 fully saturated rings. The van der Waals surface area contributed by atoms with Crippen LogP contribution in [0.1, 0.15) is 83.1 Å². The number of allylic oxidation sites excluding steroid dienone is 1. The lowest BCUT2D eigenvalue weighted by Gasteiger charge is -2.27. The molecule has 2 aliphatic rings. The summed E-state index contributed by atoms with van der Waals surface area (Å²) in [5, 5.41) is 17.6. The molecule has 6 nitrogen and oxygen atoms in total. The number of amides is 1. The minimum Gasteiger partial charge on any atom is -0.491 e. The zero-order chi connectivity index (χ0) is 23.1. The first kappa shape index (κ1) is 24.7. The molecule has 178 valence electrons. The summed E-state index contributed by atoms with van der Waals surface area (Å²) in [6, 6.07) is 6.02. The van der Waals surface area contributed by atoms with Gasteiger partial charge in [-0.25, -0.2) is 0 Å². The number of rotatable bonds is 4. The molecule has 1 amide bonds. The number of benzene rings is 1. The molecule has 0 spiro atoms. The van der Waals surface area contributed by atoms with Gasteiger partial charge in [-0.05, 0) is 68.7 Å². The van der Waals surface area contributed by atoms with Gasteiger partial charge in [-0.2, -0.15) is 0 Å². The van der Waals surface area contributed by atoms with Crippen molar-refractivity contribution in [1.29, 1.82) is 0 Å². The van der Waals surface area contributed by atoms with Gasteiger partial charge in [-0.15, -0.1) is 0 Å². The number of nitrogens with one attached hydrogen (secondary N) is 2. The number of ether oxygens (including phenoxy) is 2. The lowest BCUT2D eigenvalue weighted by atomic mass is 9.98. The van der Waals surface area contributed by atoms with Crippen LogP contribution in [0.15, 0.2) is 30.4 Å². The molecule has 0 saturated heterocycles. The summed E-state index contributed by atoms with van der Waals surface area (Å²) >= 11 is 0. The normalized spacial score (nSPS) is 28.4. The van der Waals surface area contributed by atoms with Crippen molar-refractivity contribution in [3.05, 3.63) is 41.5 Å². The lowest BCUT2D eigenvalue weighted by molar-refractivity contribution is -0.122. The Hall–Kier alpha value is -1.89. The minimum atomic E-state index is -0.660. The van der Waals surface area contributed by atoms with Crippen LogP contribution in [0.5, 0.6) is 5.75 Å². The van der Waals surface area contributed by atoms with Crippen molar-refractivity contribution in [2.24, 2.45) is 5.92 Å². The average Bonchev–Trinajstić information content (AvgIpc) is 3.06. The van der Waals surface area contributed by atoms with E-state index in [-0.39, 0.29) is 30.2 Å². The van der Waals surface area contributed by atoms with Crippen LogP contribution in [0.4, 0.5) is 0 Å². The Balaban J connectivity index is 1.81. The topological polar surface area (TPSA) is 79.8 Å². The van der Waals surface area contributed by atoms with Gasteiger partial charge in [0, 0.05) is 19.0 Å². The quantitative estimate of drug-likeness (QED) is 0.607. The third kappa shape index (κ3) is 7.06. The predicted molar refractivity (Wildman–Crippen MR) is 127 cm³/mol. The van der Waals surface area contributed by atoms with E-state index in [1.54, 1.807) is 0 Å². The van der Waals surface area contributed by atoms with Crippen molar-refractivity contribution >= 4 is 5.91 Å². The molecule has 1 aliphatic heterocycles. The second-order valence-electron chi connectivity index (χ2n) is 9.71. The molecule has 0 saturated carbocycles. The molecule has 1 aromatic rings. The Bertz CT molecular complexity index is 777. The van der Waals surface area contributed by atoms with Crippen LogP contribution in [0.25, 0.3) is 0 Å². The maximum Gasteiger partial charge on any atom is 0.220 e. The highest BCUT2D eigenvalue weighted by Gasteiger charge is 2.33. The van der Waals surface area contributed by atoms with Crippen LogP contribution in [0, 0.1) is 5.92 Å². The van der Waals surface area contributed by atoms with Crippen LogP contribution in [0.2, 0.25) is 0 Å². The van der Waals surface area contributed by atoms with Gasteiger partial charge in [-0.3, -0.25) is 4.79 Å². The second-order valence-corrected chi connectivity index (χ2v) is 9.71. The number of carbonyl (C=O) groups is 1. The molecule has 32 heavy (non-hydrogen) atoms. The number of β-amino-alcohol motifs (C(OH)–C–C–N with tert-alkyl or cyclic N) is 1. The van der Waals surface area contributed by atoms with E-state index in [0.717, 1.165) is 37.0 Å². The predicted octanol–water partition coefficient (Wildman–Crippen LogP) is 4.20. The van der Waals surface area contributed by atoms with Gasteiger partial charge < -0.3 is 25.2 Å². The van der Waals surface area contributed by atoms with E-state index >= 15 is 0 Å². The Labute approximate surface area is 192 Å².